The third-order valence-electron chi connectivity index (χ3n) is 11.4. The molecule has 6 N–H and O–H groups in total. The predicted molar refractivity (Wildman–Crippen MR) is 319 cm³/mol. The highest BCUT2D eigenvalue weighted by molar-refractivity contribution is 6.34. The maximum atomic E-state index is 13.6. The van der Waals surface area contributed by atoms with Crippen molar-refractivity contribution in [1.82, 2.24) is 26.3 Å². The lowest BCUT2D eigenvalue weighted by atomic mass is 10.0. The Hall–Kier alpha value is -5.76. The van der Waals surface area contributed by atoms with E-state index in [1.54, 1.807) is 18.3 Å². The standard InChI is InChI=1S/C58H86Cl2FN7O19/c59-48-39-47(40-49(60)41-48)51(42-57(72)73)68-58(74)52(67-55(70)6-2-4-13-63-53-5-1-3-12-62-53)44-65-54(69)11-15-75-17-19-77-21-23-79-25-27-81-29-31-83-33-35-85-37-38-86-36-34-84-32-30-82-28-26-80-24-22-78-20-18-76-16-14-64-56(71)45-87-66-43-46-7-9-50(61)10-8-46/h1,3,5,7-10,12,39-41,43,51-52H,2,4,6,11,13-38,42,44-45H2,(H,62,63)(H,64,71)(H,65,69)(H,67,70)(H,68,74)(H,72,73)/b66-43+/t51?,52-/m0/s1. The molecule has 29 heteroatoms. The monoisotopic (exact) mass is 1270 g/mol. The molecule has 0 aliphatic heterocycles. The molecular formula is C58H86Cl2FN7O19. The second-order valence-electron chi connectivity index (χ2n) is 18.4. The molecule has 3 rings (SSSR count). The summed E-state index contributed by atoms with van der Waals surface area (Å²) in [5.74, 6) is -2.74. The number of unbranched alkanes of at least 4 members (excludes halogenated alkanes) is 1. The molecule has 4 amide bonds. The Morgan fingerprint density at radius 3 is 1.49 bits per heavy atom. The van der Waals surface area contributed by atoms with Crippen LogP contribution in [0.1, 0.15) is 49.3 Å². The quantitative estimate of drug-likeness (QED) is 0.0266. The van der Waals surface area contributed by atoms with Gasteiger partial charge < -0.3 is 93.4 Å². The molecule has 2 aromatic carbocycles. The zero-order valence-corrected chi connectivity index (χ0v) is 50.8. The van der Waals surface area contributed by atoms with Gasteiger partial charge in [0.25, 0.3) is 5.91 Å². The van der Waals surface area contributed by atoms with Gasteiger partial charge in [-0.15, -0.1) is 0 Å². The molecule has 26 nitrogen and oxygen atoms in total. The zero-order valence-electron chi connectivity index (χ0n) is 49.2. The largest absolute Gasteiger partial charge is 0.481 e. The topological polar surface area (TPSA) is 311 Å². The zero-order chi connectivity index (χ0) is 62.5. The summed E-state index contributed by atoms with van der Waals surface area (Å²) in [4.78, 5) is 72.0. The van der Waals surface area contributed by atoms with Crippen molar-refractivity contribution in [3.8, 4) is 0 Å². The number of aliphatic carboxylic acids is 1. The minimum Gasteiger partial charge on any atom is -0.481 e. The number of nitrogens with zero attached hydrogens (tertiary/aromatic N) is 2. The average Bonchev–Trinajstić information content (AvgIpc) is 3.64. The molecule has 0 saturated heterocycles. The number of hydrogen-bond donors (Lipinski definition) is 6. The van der Waals surface area contributed by atoms with Gasteiger partial charge in [0.2, 0.25) is 17.7 Å². The van der Waals surface area contributed by atoms with Crippen molar-refractivity contribution in [2.45, 2.75) is 44.2 Å². The van der Waals surface area contributed by atoms with Gasteiger partial charge in [-0.05, 0) is 66.4 Å². The normalized spacial score (nSPS) is 12.0. The fourth-order valence-corrected chi connectivity index (χ4v) is 7.64. The summed E-state index contributed by atoms with van der Waals surface area (Å²) < 4.78 is 78.9. The van der Waals surface area contributed by atoms with Crippen molar-refractivity contribution in [1.29, 1.82) is 0 Å². The fraction of sp³-hybridized carbons (Fsp3) is 0.603. The Labute approximate surface area is 517 Å². The summed E-state index contributed by atoms with van der Waals surface area (Å²) in [7, 11) is 0. The molecule has 1 aromatic heterocycles. The van der Waals surface area contributed by atoms with Crippen LogP contribution in [0.25, 0.3) is 0 Å². The summed E-state index contributed by atoms with van der Waals surface area (Å²) in [5.41, 5.74) is 1.01. The van der Waals surface area contributed by atoms with E-state index in [1.807, 2.05) is 18.2 Å². The first-order valence-corrected chi connectivity index (χ1v) is 29.5. The van der Waals surface area contributed by atoms with Crippen molar-refractivity contribution in [2.75, 3.05) is 190 Å². The number of halogens is 3. The van der Waals surface area contributed by atoms with Crippen molar-refractivity contribution < 1.29 is 95.1 Å². The summed E-state index contributed by atoms with van der Waals surface area (Å²) >= 11 is 12.3. The van der Waals surface area contributed by atoms with E-state index in [4.69, 9.17) is 84.9 Å². The number of rotatable bonds is 57. The minimum absolute atomic E-state index is 0.0302. The Bertz CT molecular complexity index is 2290. The van der Waals surface area contributed by atoms with E-state index < -0.39 is 42.2 Å². The highest BCUT2D eigenvalue weighted by Gasteiger charge is 2.26. The molecule has 0 aliphatic rings. The Balaban J connectivity index is 1.03. The van der Waals surface area contributed by atoms with Crippen LogP contribution in [0.5, 0.6) is 0 Å². The van der Waals surface area contributed by atoms with Crippen LogP contribution in [-0.4, -0.2) is 237 Å². The highest BCUT2D eigenvalue weighted by atomic mass is 35.5. The van der Waals surface area contributed by atoms with Crippen LogP contribution in [-0.2, 0) is 85.7 Å². The van der Waals surface area contributed by atoms with Gasteiger partial charge in [-0.25, -0.2) is 9.37 Å². The van der Waals surface area contributed by atoms with Gasteiger partial charge in [0.1, 0.15) is 17.7 Å². The van der Waals surface area contributed by atoms with Crippen LogP contribution in [0.15, 0.2) is 72.0 Å². The number of pyridine rings is 1. The SMILES string of the molecule is O=C(O)CC(NC(=O)[C@H](CNC(=O)CCOCCOCCOCCOCCOCCOCCOCCOCCOCCOCCOCCOCCNC(=O)CO/N=C/c1ccc(F)cc1)NC(=O)CCCCNc1ccccn1)c1cc(Cl)cc(Cl)c1. The Morgan fingerprint density at radius 1 is 0.540 bits per heavy atom. The lowest BCUT2D eigenvalue weighted by Gasteiger charge is -2.24. The average molecular weight is 1280 g/mol. The molecule has 0 spiro atoms. The molecule has 2 atom stereocenters. The summed E-state index contributed by atoms with van der Waals surface area (Å²) in [6.45, 7) is 9.54. The molecule has 0 radical (unpaired) electrons. The minimum atomic E-state index is -1.23. The highest BCUT2D eigenvalue weighted by Crippen LogP contribution is 2.26. The van der Waals surface area contributed by atoms with Crippen molar-refractivity contribution >= 4 is 64.8 Å². The number of anilines is 1. The van der Waals surface area contributed by atoms with Gasteiger partial charge in [0.05, 0.1) is 177 Å². The number of amides is 4. The van der Waals surface area contributed by atoms with E-state index in [1.165, 1.54) is 36.5 Å². The Kier molecular flexibility index (Phi) is 45.3. The van der Waals surface area contributed by atoms with Crippen molar-refractivity contribution in [3.63, 3.8) is 0 Å². The van der Waals surface area contributed by atoms with Crippen LogP contribution in [0.4, 0.5) is 10.2 Å². The molecule has 0 bridgehead atoms. The van der Waals surface area contributed by atoms with E-state index in [0.29, 0.717) is 182 Å². The number of carboxylic acid groups (broad SMARTS) is 1. The van der Waals surface area contributed by atoms with E-state index in [0.717, 1.165) is 0 Å². The number of hydrogen-bond acceptors (Lipinski definition) is 21. The number of ether oxygens (including phenoxy) is 12. The van der Waals surface area contributed by atoms with Crippen molar-refractivity contribution in [2.24, 2.45) is 5.16 Å². The van der Waals surface area contributed by atoms with E-state index in [2.05, 4.69) is 36.7 Å². The van der Waals surface area contributed by atoms with Crippen LogP contribution >= 0.6 is 23.2 Å². The molecule has 87 heavy (non-hydrogen) atoms. The second-order valence-corrected chi connectivity index (χ2v) is 19.3. The number of carbonyl (C=O) groups excluding carboxylic acids is 4. The van der Waals surface area contributed by atoms with Gasteiger partial charge in [-0.1, -0.05) is 46.6 Å². The summed E-state index contributed by atoms with van der Waals surface area (Å²) in [6, 6.07) is 13.4. The number of carboxylic acids is 1. The molecule has 488 valence electrons. The number of benzene rings is 2. The molecule has 1 heterocycles. The van der Waals surface area contributed by atoms with E-state index in [-0.39, 0.29) is 67.6 Å². The molecule has 0 saturated carbocycles. The first kappa shape index (κ1) is 75.5. The summed E-state index contributed by atoms with van der Waals surface area (Å²) in [5, 5.41) is 27.6. The molecular weight excluding hydrogens is 1190 g/mol. The third kappa shape index (κ3) is 43.5. The van der Waals surface area contributed by atoms with E-state index >= 15 is 0 Å². The fourth-order valence-electron chi connectivity index (χ4n) is 7.09. The second kappa shape index (κ2) is 52.2. The first-order valence-electron chi connectivity index (χ1n) is 28.8. The van der Waals surface area contributed by atoms with Gasteiger partial charge in [-0.2, -0.15) is 0 Å². The summed E-state index contributed by atoms with van der Waals surface area (Å²) in [6.07, 6.45) is 3.78. The molecule has 0 fully saturated rings. The van der Waals surface area contributed by atoms with E-state index in [9.17, 15) is 33.5 Å². The first-order chi connectivity index (χ1) is 42.5. The number of nitrogens with one attached hydrogen (secondary N) is 5. The molecule has 3 aromatic rings. The van der Waals surface area contributed by atoms with Crippen LogP contribution in [0, 0.1) is 5.82 Å². The maximum Gasteiger partial charge on any atom is 0.305 e. The maximum absolute atomic E-state index is 13.6. The Morgan fingerprint density at radius 2 is 1.02 bits per heavy atom. The van der Waals surface area contributed by atoms with Gasteiger partial charge >= 0.3 is 5.97 Å². The van der Waals surface area contributed by atoms with Crippen LogP contribution < -0.4 is 26.6 Å². The van der Waals surface area contributed by atoms with Crippen molar-refractivity contribution in [3.05, 3.63) is 93.8 Å². The number of aromatic nitrogens is 1. The number of carbonyl (C=O) groups is 5. The lowest BCUT2D eigenvalue weighted by Crippen LogP contribution is -2.53. The molecule has 0 aliphatic carbocycles. The lowest BCUT2D eigenvalue weighted by molar-refractivity contribution is -0.138. The number of oxime groups is 1. The van der Waals surface area contributed by atoms with Crippen LogP contribution in [0.3, 0.4) is 0 Å². The van der Waals surface area contributed by atoms with Gasteiger partial charge in [0, 0.05) is 48.7 Å². The molecule has 1 unspecified atom stereocenters. The van der Waals surface area contributed by atoms with Gasteiger partial charge in [0.15, 0.2) is 6.61 Å². The smallest absolute Gasteiger partial charge is 0.305 e. The third-order valence-corrected chi connectivity index (χ3v) is 11.9. The van der Waals surface area contributed by atoms with Gasteiger partial charge in [-0.3, -0.25) is 24.0 Å². The predicted octanol–water partition coefficient (Wildman–Crippen LogP) is 3.80. The van der Waals surface area contributed by atoms with Crippen LogP contribution in [0.2, 0.25) is 10.0 Å².